The predicted molar refractivity (Wildman–Crippen MR) is 108 cm³/mol. The van der Waals surface area contributed by atoms with Gasteiger partial charge in [-0.2, -0.15) is 0 Å². The van der Waals surface area contributed by atoms with Gasteiger partial charge in [-0.15, -0.1) is 0 Å². The number of ether oxygens (including phenoxy) is 4. The molecule has 0 aromatic heterocycles. The molecular weight excluding hydrogens is 360 g/mol. The summed E-state index contributed by atoms with van der Waals surface area (Å²) in [7, 11) is 6.40. The molecule has 7 nitrogen and oxygen atoms in total. The van der Waals surface area contributed by atoms with Crippen molar-refractivity contribution in [2.75, 3.05) is 41.5 Å². The summed E-state index contributed by atoms with van der Waals surface area (Å²) in [6.07, 6.45) is 1.30. The van der Waals surface area contributed by atoms with Crippen LogP contribution in [0.25, 0.3) is 0 Å². The molecule has 28 heavy (non-hydrogen) atoms. The van der Waals surface area contributed by atoms with E-state index in [2.05, 4.69) is 10.6 Å². The molecule has 152 valence electrons. The Balaban J connectivity index is 1.82. The molecule has 0 aliphatic rings. The zero-order valence-electron chi connectivity index (χ0n) is 16.8. The van der Waals surface area contributed by atoms with Gasteiger partial charge in [-0.3, -0.25) is 0 Å². The lowest BCUT2D eigenvalue weighted by Gasteiger charge is -2.14. The summed E-state index contributed by atoms with van der Waals surface area (Å²) < 4.78 is 21.3. The number of para-hydroxylation sites is 1. The maximum absolute atomic E-state index is 12.0. The first-order valence-corrected chi connectivity index (χ1v) is 9.05. The molecule has 0 saturated carbocycles. The highest BCUT2D eigenvalue weighted by Crippen LogP contribution is 2.34. The molecule has 2 amide bonds. The summed E-state index contributed by atoms with van der Waals surface area (Å²) in [4.78, 5) is 12.0. The van der Waals surface area contributed by atoms with Crippen molar-refractivity contribution >= 4 is 6.03 Å². The molecule has 0 saturated heterocycles. The number of methoxy groups -OCH3 is 4. The molecular formula is C21H28N2O5. The molecule has 2 aromatic carbocycles. The summed E-state index contributed by atoms with van der Waals surface area (Å²) in [6.45, 7) is 0.984. The molecule has 0 bridgehead atoms. The van der Waals surface area contributed by atoms with E-state index in [1.165, 1.54) is 0 Å². The SMILES string of the molecule is COc1ccccc1CCNC(=O)NCCc1cc(OC)c(OC)cc1OC. The molecule has 2 N–H and O–H groups in total. The maximum atomic E-state index is 12.0. The van der Waals surface area contributed by atoms with E-state index in [4.69, 9.17) is 18.9 Å². The van der Waals surface area contributed by atoms with Crippen LogP contribution in [-0.4, -0.2) is 47.6 Å². The first-order valence-electron chi connectivity index (χ1n) is 9.05. The van der Waals surface area contributed by atoms with Gasteiger partial charge in [0, 0.05) is 19.2 Å². The van der Waals surface area contributed by atoms with Crippen molar-refractivity contribution in [2.45, 2.75) is 12.8 Å². The first-order chi connectivity index (χ1) is 13.6. The van der Waals surface area contributed by atoms with Crippen molar-refractivity contribution in [2.24, 2.45) is 0 Å². The normalized spacial score (nSPS) is 10.1. The predicted octanol–water partition coefficient (Wildman–Crippen LogP) is 2.81. The van der Waals surface area contributed by atoms with Crippen LogP contribution in [0.2, 0.25) is 0 Å². The summed E-state index contributed by atoms with van der Waals surface area (Å²) in [6, 6.07) is 11.2. The second-order valence-corrected chi connectivity index (χ2v) is 6.01. The van der Waals surface area contributed by atoms with Crippen molar-refractivity contribution < 1.29 is 23.7 Å². The second kappa shape index (κ2) is 10.9. The number of urea groups is 1. The number of carbonyl (C=O) groups is 1. The molecule has 0 atom stereocenters. The van der Waals surface area contributed by atoms with Gasteiger partial charge in [0.2, 0.25) is 0 Å². The third-order valence-corrected chi connectivity index (χ3v) is 4.34. The molecule has 0 fully saturated rings. The van der Waals surface area contributed by atoms with Crippen LogP contribution >= 0.6 is 0 Å². The molecule has 0 unspecified atom stereocenters. The fourth-order valence-corrected chi connectivity index (χ4v) is 2.88. The first kappa shape index (κ1) is 21.2. The van der Waals surface area contributed by atoms with Crippen LogP contribution in [0.3, 0.4) is 0 Å². The van der Waals surface area contributed by atoms with Crippen LogP contribution in [-0.2, 0) is 12.8 Å². The lowest BCUT2D eigenvalue weighted by molar-refractivity contribution is 0.241. The highest BCUT2D eigenvalue weighted by atomic mass is 16.5. The Morgan fingerprint density at radius 2 is 1.25 bits per heavy atom. The Morgan fingerprint density at radius 1 is 0.714 bits per heavy atom. The Hall–Kier alpha value is -3.09. The van der Waals surface area contributed by atoms with Gasteiger partial charge in [-0.1, -0.05) is 18.2 Å². The van der Waals surface area contributed by atoms with Gasteiger partial charge in [0.1, 0.15) is 11.5 Å². The number of hydrogen-bond acceptors (Lipinski definition) is 5. The highest BCUT2D eigenvalue weighted by molar-refractivity contribution is 5.73. The minimum atomic E-state index is -0.214. The maximum Gasteiger partial charge on any atom is 0.314 e. The summed E-state index contributed by atoms with van der Waals surface area (Å²) in [5, 5.41) is 5.71. The van der Waals surface area contributed by atoms with Crippen LogP contribution < -0.4 is 29.6 Å². The van der Waals surface area contributed by atoms with Crippen LogP contribution in [0.1, 0.15) is 11.1 Å². The number of rotatable bonds is 10. The largest absolute Gasteiger partial charge is 0.496 e. The van der Waals surface area contributed by atoms with E-state index in [0.717, 1.165) is 16.9 Å². The van der Waals surface area contributed by atoms with Gasteiger partial charge in [-0.05, 0) is 36.1 Å². The fraction of sp³-hybridized carbons (Fsp3) is 0.381. The standard InChI is InChI=1S/C21H28N2O5/c1-25-17-8-6-5-7-15(17)9-11-22-21(24)23-12-10-16-13-19(27-3)20(28-4)14-18(16)26-2/h5-8,13-14H,9-12H2,1-4H3,(H2,22,23,24). The molecule has 0 radical (unpaired) electrons. The van der Waals surface area contributed by atoms with Gasteiger partial charge in [0.05, 0.1) is 28.4 Å². The zero-order chi connectivity index (χ0) is 20.4. The van der Waals surface area contributed by atoms with Crippen molar-refractivity contribution in [3.8, 4) is 23.0 Å². The number of carbonyl (C=O) groups excluding carboxylic acids is 1. The van der Waals surface area contributed by atoms with Gasteiger partial charge < -0.3 is 29.6 Å². The van der Waals surface area contributed by atoms with E-state index >= 15 is 0 Å². The van der Waals surface area contributed by atoms with Crippen LogP contribution in [0, 0.1) is 0 Å². The van der Waals surface area contributed by atoms with Crippen molar-refractivity contribution in [3.63, 3.8) is 0 Å². The third-order valence-electron chi connectivity index (χ3n) is 4.34. The van der Waals surface area contributed by atoms with E-state index < -0.39 is 0 Å². The molecule has 0 aliphatic heterocycles. The second-order valence-electron chi connectivity index (χ2n) is 6.01. The summed E-state index contributed by atoms with van der Waals surface area (Å²) in [5.74, 6) is 2.74. The zero-order valence-corrected chi connectivity index (χ0v) is 16.8. The number of amides is 2. The van der Waals surface area contributed by atoms with Crippen molar-refractivity contribution in [1.29, 1.82) is 0 Å². The Kier molecular flexibility index (Phi) is 8.27. The minimum Gasteiger partial charge on any atom is -0.496 e. The summed E-state index contributed by atoms with van der Waals surface area (Å²) >= 11 is 0. The van der Waals surface area contributed by atoms with Gasteiger partial charge in [0.15, 0.2) is 11.5 Å². The molecule has 0 aliphatic carbocycles. The number of hydrogen-bond donors (Lipinski definition) is 2. The quantitative estimate of drug-likeness (QED) is 0.654. The third kappa shape index (κ3) is 5.70. The minimum absolute atomic E-state index is 0.214. The Bertz CT molecular complexity index is 779. The summed E-state index contributed by atoms with van der Waals surface area (Å²) in [5.41, 5.74) is 1.98. The smallest absolute Gasteiger partial charge is 0.314 e. The number of benzene rings is 2. The van der Waals surface area contributed by atoms with E-state index in [0.29, 0.717) is 43.2 Å². The van der Waals surface area contributed by atoms with Gasteiger partial charge in [0.25, 0.3) is 0 Å². The monoisotopic (exact) mass is 388 g/mol. The Labute approximate surface area is 165 Å². The van der Waals surface area contributed by atoms with E-state index in [1.807, 2.05) is 30.3 Å². The van der Waals surface area contributed by atoms with E-state index in [-0.39, 0.29) is 6.03 Å². The van der Waals surface area contributed by atoms with Crippen molar-refractivity contribution in [3.05, 3.63) is 47.5 Å². The lowest BCUT2D eigenvalue weighted by Crippen LogP contribution is -2.37. The molecule has 0 heterocycles. The van der Waals surface area contributed by atoms with Gasteiger partial charge >= 0.3 is 6.03 Å². The van der Waals surface area contributed by atoms with Gasteiger partial charge in [-0.25, -0.2) is 4.79 Å². The van der Waals surface area contributed by atoms with E-state index in [9.17, 15) is 4.79 Å². The molecule has 2 aromatic rings. The topological polar surface area (TPSA) is 78.1 Å². The average Bonchev–Trinajstić information content (AvgIpc) is 2.73. The van der Waals surface area contributed by atoms with Crippen molar-refractivity contribution in [1.82, 2.24) is 10.6 Å². The molecule has 7 heteroatoms. The van der Waals surface area contributed by atoms with Crippen LogP contribution in [0.15, 0.2) is 36.4 Å². The number of nitrogens with one attached hydrogen (secondary N) is 2. The fourth-order valence-electron chi connectivity index (χ4n) is 2.88. The average molecular weight is 388 g/mol. The molecule has 2 rings (SSSR count). The van der Waals surface area contributed by atoms with Crippen LogP contribution in [0.5, 0.6) is 23.0 Å². The molecule has 0 spiro atoms. The van der Waals surface area contributed by atoms with E-state index in [1.54, 1.807) is 34.5 Å². The highest BCUT2D eigenvalue weighted by Gasteiger charge is 2.12. The lowest BCUT2D eigenvalue weighted by atomic mass is 10.1. The van der Waals surface area contributed by atoms with Crippen LogP contribution in [0.4, 0.5) is 4.79 Å². The Morgan fingerprint density at radius 3 is 1.86 bits per heavy atom.